The summed E-state index contributed by atoms with van der Waals surface area (Å²) in [5, 5.41) is 1.56. The maximum absolute atomic E-state index is 13.8. The summed E-state index contributed by atoms with van der Waals surface area (Å²) in [7, 11) is 0. The molecule has 0 atom stereocenters. The molecule has 0 N–H and O–H groups in total. The Labute approximate surface area is 275 Å². The van der Waals surface area contributed by atoms with E-state index in [-0.39, 0.29) is 17.2 Å². The molecule has 13 heteroatoms. The first-order chi connectivity index (χ1) is 23.2. The van der Waals surface area contributed by atoms with Gasteiger partial charge in [0.25, 0.3) is 0 Å². The molecule has 0 saturated carbocycles. The highest BCUT2D eigenvalue weighted by atomic mass is 19.4. The second-order valence-corrected chi connectivity index (χ2v) is 11.6. The van der Waals surface area contributed by atoms with Gasteiger partial charge in [-0.3, -0.25) is 0 Å². The maximum Gasteiger partial charge on any atom is 0.416 e. The average Bonchev–Trinajstić information content (AvgIpc) is 3.36. The minimum absolute atomic E-state index is 0.126. The fraction of sp³-hybridized carbons (Fsp3) is 0.167. The largest absolute Gasteiger partial charge is 0.416 e. The Hall–Kier alpha value is -5.72. The minimum atomic E-state index is -4.98. The molecule has 0 radical (unpaired) electrons. The van der Waals surface area contributed by atoms with Crippen LogP contribution in [-0.4, -0.2) is 34.5 Å². The molecular weight excluding hydrogens is 644 g/mol. The topological polar surface area (TPSA) is 82.3 Å². The summed E-state index contributed by atoms with van der Waals surface area (Å²) >= 11 is 0. The van der Waals surface area contributed by atoms with Crippen molar-refractivity contribution in [2.45, 2.75) is 40.0 Å². The molecule has 7 nitrogen and oxygen atoms in total. The first kappa shape index (κ1) is 31.9. The third kappa shape index (κ3) is 5.96. The van der Waals surface area contributed by atoms with E-state index in [4.69, 9.17) is 0 Å². The van der Waals surface area contributed by atoms with Crippen LogP contribution in [0, 0.1) is 27.7 Å². The van der Waals surface area contributed by atoms with Crippen molar-refractivity contribution in [2.75, 3.05) is 0 Å². The van der Waals surface area contributed by atoms with E-state index in [0.717, 1.165) is 28.4 Å². The number of alkyl halides is 6. The zero-order chi connectivity index (χ0) is 34.8. The SMILES string of the molecule is Cc1nc(C)nc(-c2ccc(-n3c4ccccc4c4ccc(-c5cc(C(F)(F)F)cc(C(F)(F)F)c5)cc43)c(-c3nc(C)nc(C)n3)c2)n1. The summed E-state index contributed by atoms with van der Waals surface area (Å²) in [5.74, 6) is 2.85. The molecule has 246 valence electrons. The molecule has 0 aliphatic heterocycles. The van der Waals surface area contributed by atoms with Gasteiger partial charge in [0.1, 0.15) is 23.3 Å². The van der Waals surface area contributed by atoms with E-state index in [1.54, 1.807) is 39.8 Å². The van der Waals surface area contributed by atoms with Gasteiger partial charge in [0.05, 0.1) is 27.8 Å². The van der Waals surface area contributed by atoms with E-state index >= 15 is 0 Å². The smallest absolute Gasteiger partial charge is 0.308 e. The van der Waals surface area contributed by atoms with Crippen LogP contribution in [0.15, 0.2) is 78.9 Å². The van der Waals surface area contributed by atoms with Gasteiger partial charge in [0, 0.05) is 21.9 Å². The molecule has 0 aliphatic carbocycles. The van der Waals surface area contributed by atoms with Crippen LogP contribution >= 0.6 is 0 Å². The molecule has 0 fully saturated rings. The molecule has 4 aromatic carbocycles. The van der Waals surface area contributed by atoms with Crippen molar-refractivity contribution in [3.8, 4) is 39.6 Å². The molecule has 7 rings (SSSR count). The molecule has 49 heavy (non-hydrogen) atoms. The van der Waals surface area contributed by atoms with Gasteiger partial charge in [0.2, 0.25) is 0 Å². The normalized spacial score (nSPS) is 12.3. The lowest BCUT2D eigenvalue weighted by Crippen LogP contribution is -2.11. The van der Waals surface area contributed by atoms with E-state index in [1.807, 2.05) is 47.0 Å². The molecule has 0 spiro atoms. The third-order valence-corrected chi connectivity index (χ3v) is 8.05. The summed E-state index contributed by atoms with van der Waals surface area (Å²) in [6.45, 7) is 7.03. The molecule has 0 saturated heterocycles. The van der Waals surface area contributed by atoms with E-state index in [2.05, 4.69) is 29.9 Å². The highest BCUT2D eigenvalue weighted by Gasteiger charge is 2.37. The second kappa shape index (κ2) is 11.5. The summed E-state index contributed by atoms with van der Waals surface area (Å²) in [5.41, 5.74) is 0.322. The van der Waals surface area contributed by atoms with E-state index in [9.17, 15) is 26.3 Å². The number of fused-ring (bicyclic) bond motifs is 3. The fourth-order valence-corrected chi connectivity index (χ4v) is 6.06. The zero-order valence-electron chi connectivity index (χ0n) is 26.4. The summed E-state index contributed by atoms with van der Waals surface area (Å²) in [4.78, 5) is 26.9. The number of hydrogen-bond acceptors (Lipinski definition) is 6. The lowest BCUT2D eigenvalue weighted by atomic mass is 9.98. The minimum Gasteiger partial charge on any atom is -0.308 e. The van der Waals surface area contributed by atoms with Gasteiger partial charge in [-0.05, 0) is 87.4 Å². The van der Waals surface area contributed by atoms with Crippen molar-refractivity contribution in [2.24, 2.45) is 0 Å². The van der Waals surface area contributed by atoms with Crippen molar-refractivity contribution >= 4 is 21.8 Å². The molecule has 0 unspecified atom stereocenters. The van der Waals surface area contributed by atoms with Gasteiger partial charge in [0.15, 0.2) is 11.6 Å². The number of halogens is 6. The number of para-hydroxylation sites is 1. The Bertz CT molecular complexity index is 2360. The van der Waals surface area contributed by atoms with Crippen molar-refractivity contribution < 1.29 is 26.3 Å². The van der Waals surface area contributed by atoms with Crippen LogP contribution in [0.2, 0.25) is 0 Å². The number of aromatic nitrogens is 7. The Morgan fingerprint density at radius 1 is 0.469 bits per heavy atom. The first-order valence-electron chi connectivity index (χ1n) is 15.0. The predicted octanol–water partition coefficient (Wildman–Crippen LogP) is 9.43. The van der Waals surface area contributed by atoms with Crippen LogP contribution in [0.1, 0.15) is 34.4 Å². The standard InChI is InChI=1S/C36H25F6N7/c1-18-43-19(2)46-33(45-18)23-10-12-31(29(15-23)34-47-20(3)44-21(4)48-34)49-30-8-6-5-7-27(30)28-11-9-22(16-32(28)49)24-13-25(35(37,38)39)17-26(14-24)36(40,41)42/h5-17H,1-4H3. The molecule has 0 amide bonds. The summed E-state index contributed by atoms with van der Waals surface area (Å²) in [6, 6.07) is 19.5. The average molecular weight is 670 g/mol. The fourth-order valence-electron chi connectivity index (χ4n) is 6.06. The van der Waals surface area contributed by atoms with Gasteiger partial charge < -0.3 is 4.57 Å². The van der Waals surface area contributed by atoms with Gasteiger partial charge in [-0.1, -0.05) is 30.3 Å². The van der Waals surface area contributed by atoms with Crippen LogP contribution in [0.25, 0.3) is 61.4 Å². The number of benzene rings is 4. The summed E-state index contributed by atoms with van der Waals surface area (Å²) in [6.07, 6.45) is -9.97. The van der Waals surface area contributed by atoms with Crippen LogP contribution in [0.4, 0.5) is 26.3 Å². The van der Waals surface area contributed by atoms with Crippen LogP contribution < -0.4 is 0 Å². The molecule has 0 aliphatic rings. The second-order valence-electron chi connectivity index (χ2n) is 11.6. The highest BCUT2D eigenvalue weighted by Crippen LogP contribution is 2.41. The van der Waals surface area contributed by atoms with Crippen molar-refractivity contribution in [1.82, 2.24) is 34.5 Å². The van der Waals surface area contributed by atoms with E-state index in [1.165, 1.54) is 6.07 Å². The van der Waals surface area contributed by atoms with Gasteiger partial charge in [-0.25, -0.2) is 29.9 Å². The molecule has 7 aromatic rings. The maximum atomic E-state index is 13.8. The third-order valence-electron chi connectivity index (χ3n) is 8.05. The molecule has 3 aromatic heterocycles. The first-order valence-corrected chi connectivity index (χ1v) is 15.0. The van der Waals surface area contributed by atoms with Crippen LogP contribution in [-0.2, 0) is 12.4 Å². The van der Waals surface area contributed by atoms with Gasteiger partial charge in [-0.15, -0.1) is 0 Å². The lowest BCUT2D eigenvalue weighted by Gasteiger charge is -2.16. The van der Waals surface area contributed by atoms with E-state index < -0.39 is 23.5 Å². The predicted molar refractivity (Wildman–Crippen MR) is 173 cm³/mol. The quantitative estimate of drug-likeness (QED) is 0.174. The van der Waals surface area contributed by atoms with Crippen molar-refractivity contribution in [1.29, 1.82) is 0 Å². The van der Waals surface area contributed by atoms with Crippen molar-refractivity contribution in [3.63, 3.8) is 0 Å². The Balaban J connectivity index is 1.53. The molecular formula is C36H25F6N7. The van der Waals surface area contributed by atoms with Crippen LogP contribution in [0.3, 0.4) is 0 Å². The Morgan fingerprint density at radius 3 is 1.59 bits per heavy atom. The number of nitrogens with zero attached hydrogens (tertiary/aromatic N) is 7. The van der Waals surface area contributed by atoms with Gasteiger partial charge in [-0.2, -0.15) is 26.3 Å². The number of aryl methyl sites for hydroxylation is 4. The molecule has 3 heterocycles. The monoisotopic (exact) mass is 669 g/mol. The van der Waals surface area contributed by atoms with Crippen molar-refractivity contribution in [3.05, 3.63) is 113 Å². The molecule has 0 bridgehead atoms. The van der Waals surface area contributed by atoms with E-state index in [0.29, 0.717) is 57.3 Å². The van der Waals surface area contributed by atoms with Crippen LogP contribution in [0.5, 0.6) is 0 Å². The highest BCUT2D eigenvalue weighted by molar-refractivity contribution is 6.10. The Morgan fingerprint density at radius 2 is 1.00 bits per heavy atom. The lowest BCUT2D eigenvalue weighted by molar-refractivity contribution is -0.143. The number of rotatable bonds is 4. The summed E-state index contributed by atoms with van der Waals surface area (Å²) < 4.78 is 84.7. The Kier molecular flexibility index (Phi) is 7.45. The van der Waals surface area contributed by atoms with Gasteiger partial charge >= 0.3 is 12.4 Å². The number of hydrogen-bond donors (Lipinski definition) is 0. The zero-order valence-corrected chi connectivity index (χ0v) is 26.4.